The Labute approximate surface area is 95.0 Å². The van der Waals surface area contributed by atoms with Gasteiger partial charge >= 0.3 is 5.97 Å². The third-order valence-electron chi connectivity index (χ3n) is 3.78. The molecule has 1 saturated carbocycles. The Hall–Kier alpha value is -0.220. The lowest BCUT2D eigenvalue weighted by molar-refractivity contribution is -0.139. The zero-order chi connectivity index (χ0) is 11.1. The van der Waals surface area contributed by atoms with Crippen LogP contribution in [-0.4, -0.2) is 27.7 Å². The van der Waals surface area contributed by atoms with E-state index in [0.717, 1.165) is 12.3 Å². The zero-order valence-corrected chi connectivity index (χ0v) is 10.1. The molecule has 0 radical (unpaired) electrons. The molecule has 2 N–H and O–H groups in total. The van der Waals surface area contributed by atoms with E-state index in [9.17, 15) is 4.79 Å². The van der Waals surface area contributed by atoms with Crippen LogP contribution in [0.5, 0.6) is 0 Å². The van der Waals surface area contributed by atoms with Crippen molar-refractivity contribution < 1.29 is 9.90 Å². The first-order chi connectivity index (χ1) is 7.03. The van der Waals surface area contributed by atoms with Gasteiger partial charge in [0.05, 0.1) is 4.87 Å². The molecule has 2 rings (SSSR count). The lowest BCUT2D eigenvalue weighted by Crippen LogP contribution is -2.51. The van der Waals surface area contributed by atoms with Crippen LogP contribution >= 0.6 is 11.8 Å². The summed E-state index contributed by atoms with van der Waals surface area (Å²) in [5, 5.41) is 12.3. The molecule has 0 bridgehead atoms. The molecule has 86 valence electrons. The SMILES string of the molecule is CC1CCC2(N[C@H](C(=O)O)CS2)C(C)C1. The fourth-order valence-corrected chi connectivity index (χ4v) is 4.35. The Morgan fingerprint density at radius 2 is 2.27 bits per heavy atom. The van der Waals surface area contributed by atoms with Gasteiger partial charge in [0.25, 0.3) is 0 Å². The molecule has 15 heavy (non-hydrogen) atoms. The summed E-state index contributed by atoms with van der Waals surface area (Å²) in [6.07, 6.45) is 3.55. The maximum atomic E-state index is 10.9. The standard InChI is InChI=1S/C11H19NO2S/c1-7-3-4-11(8(2)5-7)12-9(6-15-11)10(13)14/h7-9,12H,3-6H2,1-2H3,(H,13,14)/t7?,8?,9-,11?/m0/s1. The third kappa shape index (κ3) is 2.02. The topological polar surface area (TPSA) is 49.3 Å². The van der Waals surface area contributed by atoms with Crippen molar-refractivity contribution in [3.05, 3.63) is 0 Å². The monoisotopic (exact) mass is 229 g/mol. The van der Waals surface area contributed by atoms with Crippen molar-refractivity contribution in [2.24, 2.45) is 11.8 Å². The highest BCUT2D eigenvalue weighted by Crippen LogP contribution is 2.47. The van der Waals surface area contributed by atoms with E-state index in [2.05, 4.69) is 19.2 Å². The van der Waals surface area contributed by atoms with Crippen LogP contribution in [0.1, 0.15) is 33.1 Å². The predicted octanol–water partition coefficient (Wildman–Crippen LogP) is 1.93. The summed E-state index contributed by atoms with van der Waals surface area (Å²) < 4.78 is 0. The average Bonchev–Trinajstić information content (AvgIpc) is 2.58. The van der Waals surface area contributed by atoms with Gasteiger partial charge in [-0.1, -0.05) is 13.8 Å². The largest absolute Gasteiger partial charge is 0.480 e. The van der Waals surface area contributed by atoms with Gasteiger partial charge in [-0.05, 0) is 31.1 Å². The van der Waals surface area contributed by atoms with Crippen molar-refractivity contribution in [3.8, 4) is 0 Å². The molecule has 1 heterocycles. The van der Waals surface area contributed by atoms with Crippen molar-refractivity contribution in [3.63, 3.8) is 0 Å². The molecule has 2 fully saturated rings. The highest BCUT2D eigenvalue weighted by molar-refractivity contribution is 8.01. The number of carbonyl (C=O) groups is 1. The van der Waals surface area contributed by atoms with E-state index in [4.69, 9.17) is 5.11 Å². The summed E-state index contributed by atoms with van der Waals surface area (Å²) in [5.41, 5.74) is 0. The van der Waals surface area contributed by atoms with Gasteiger partial charge in [-0.15, -0.1) is 11.8 Å². The zero-order valence-electron chi connectivity index (χ0n) is 9.32. The van der Waals surface area contributed by atoms with Gasteiger partial charge < -0.3 is 5.11 Å². The number of hydrogen-bond donors (Lipinski definition) is 2. The van der Waals surface area contributed by atoms with Crippen LogP contribution in [-0.2, 0) is 4.79 Å². The lowest BCUT2D eigenvalue weighted by Gasteiger charge is -2.41. The Kier molecular flexibility index (Phi) is 2.99. The Balaban J connectivity index is 2.06. The molecule has 0 amide bonds. The molecule has 0 aromatic heterocycles. The number of thioether (sulfide) groups is 1. The quantitative estimate of drug-likeness (QED) is 0.721. The fraction of sp³-hybridized carbons (Fsp3) is 0.909. The van der Waals surface area contributed by atoms with E-state index >= 15 is 0 Å². The third-order valence-corrected chi connectivity index (χ3v) is 5.52. The van der Waals surface area contributed by atoms with Crippen LogP contribution < -0.4 is 5.32 Å². The summed E-state index contributed by atoms with van der Waals surface area (Å²) in [6, 6.07) is -0.342. The number of hydrogen-bond acceptors (Lipinski definition) is 3. The fourth-order valence-electron chi connectivity index (χ4n) is 2.79. The number of rotatable bonds is 1. The van der Waals surface area contributed by atoms with E-state index in [1.165, 1.54) is 12.8 Å². The van der Waals surface area contributed by atoms with Crippen molar-refractivity contribution in [1.82, 2.24) is 5.32 Å². The highest BCUT2D eigenvalue weighted by atomic mass is 32.2. The van der Waals surface area contributed by atoms with Crippen molar-refractivity contribution in [2.45, 2.75) is 44.0 Å². The van der Waals surface area contributed by atoms with Crippen molar-refractivity contribution in [1.29, 1.82) is 0 Å². The van der Waals surface area contributed by atoms with E-state index in [0.29, 0.717) is 11.7 Å². The van der Waals surface area contributed by atoms with Gasteiger partial charge in [-0.2, -0.15) is 0 Å². The van der Waals surface area contributed by atoms with Gasteiger partial charge in [0.2, 0.25) is 0 Å². The van der Waals surface area contributed by atoms with Gasteiger partial charge in [0, 0.05) is 5.75 Å². The van der Waals surface area contributed by atoms with E-state index < -0.39 is 5.97 Å². The lowest BCUT2D eigenvalue weighted by atomic mass is 9.79. The minimum atomic E-state index is -0.704. The summed E-state index contributed by atoms with van der Waals surface area (Å²) in [4.78, 5) is 11.0. The average molecular weight is 229 g/mol. The molecule has 4 atom stereocenters. The second kappa shape index (κ2) is 3.98. The normalized spacial score (nSPS) is 45.9. The van der Waals surface area contributed by atoms with Crippen LogP contribution in [0.2, 0.25) is 0 Å². The molecule has 1 saturated heterocycles. The number of aliphatic carboxylic acids is 1. The number of carboxylic acids is 1. The summed E-state index contributed by atoms with van der Waals surface area (Å²) in [5.74, 6) is 1.38. The first-order valence-electron chi connectivity index (χ1n) is 5.68. The molecule has 1 aliphatic carbocycles. The van der Waals surface area contributed by atoms with E-state index in [-0.39, 0.29) is 10.9 Å². The number of carboxylic acid groups (broad SMARTS) is 1. The molecule has 2 aliphatic rings. The molecule has 3 unspecified atom stereocenters. The number of nitrogens with one attached hydrogen (secondary N) is 1. The van der Waals surface area contributed by atoms with Crippen LogP contribution in [0, 0.1) is 11.8 Å². The van der Waals surface area contributed by atoms with Gasteiger partial charge in [0.15, 0.2) is 0 Å². The Morgan fingerprint density at radius 1 is 1.53 bits per heavy atom. The summed E-state index contributed by atoms with van der Waals surface area (Å²) >= 11 is 1.82. The second-order valence-corrected chi connectivity index (χ2v) is 6.37. The van der Waals surface area contributed by atoms with Crippen LogP contribution in [0.4, 0.5) is 0 Å². The predicted molar refractivity (Wildman–Crippen MR) is 61.9 cm³/mol. The van der Waals surface area contributed by atoms with E-state index in [1.807, 2.05) is 11.8 Å². The molecule has 1 aliphatic heterocycles. The minimum Gasteiger partial charge on any atom is -0.480 e. The summed E-state index contributed by atoms with van der Waals surface area (Å²) in [7, 11) is 0. The van der Waals surface area contributed by atoms with Crippen LogP contribution in [0.25, 0.3) is 0 Å². The molecule has 1 spiro atoms. The van der Waals surface area contributed by atoms with Gasteiger partial charge in [0.1, 0.15) is 6.04 Å². The molecule has 0 aromatic carbocycles. The van der Waals surface area contributed by atoms with Crippen LogP contribution in [0.3, 0.4) is 0 Å². The Morgan fingerprint density at radius 3 is 2.80 bits per heavy atom. The molecular weight excluding hydrogens is 210 g/mol. The maximum absolute atomic E-state index is 10.9. The Bertz CT molecular complexity index is 271. The first kappa shape index (κ1) is 11.3. The summed E-state index contributed by atoms with van der Waals surface area (Å²) in [6.45, 7) is 4.54. The molecule has 4 heteroatoms. The molecule has 0 aromatic rings. The van der Waals surface area contributed by atoms with Gasteiger partial charge in [-0.3, -0.25) is 10.1 Å². The van der Waals surface area contributed by atoms with Crippen molar-refractivity contribution in [2.75, 3.05) is 5.75 Å². The van der Waals surface area contributed by atoms with E-state index in [1.54, 1.807) is 0 Å². The van der Waals surface area contributed by atoms with Crippen LogP contribution in [0.15, 0.2) is 0 Å². The molecule has 3 nitrogen and oxygen atoms in total. The first-order valence-corrected chi connectivity index (χ1v) is 6.66. The highest BCUT2D eigenvalue weighted by Gasteiger charge is 2.47. The second-order valence-electron chi connectivity index (χ2n) is 5.02. The maximum Gasteiger partial charge on any atom is 0.321 e. The minimum absolute atomic E-state index is 0.0512. The van der Waals surface area contributed by atoms with Gasteiger partial charge in [-0.25, -0.2) is 0 Å². The molecular formula is C11H19NO2S. The smallest absolute Gasteiger partial charge is 0.321 e. The van der Waals surface area contributed by atoms with Crippen molar-refractivity contribution >= 4 is 17.7 Å².